The molecule has 0 heterocycles. The molecule has 0 radical (unpaired) electrons. The molecular weight excluding hydrogens is 519 g/mol. The molecule has 0 N–H and O–H groups in total. The lowest BCUT2D eigenvalue weighted by Crippen LogP contribution is -2.32. The standard InChI is InChI=1S/C27H36F3NO4SSi/c1-6-17-31(18-7-2)36(32,33)25-14-12-22(13-15-25)21-34-26-11-9-8-10-23(26)20-24(35-27(28,29)30)16-19-37(3,4)5/h8-15,24H,6-7,17-18,20-21H2,1-5H3/t24-/m1/s1. The van der Waals surface area contributed by atoms with Gasteiger partial charge < -0.3 is 4.74 Å². The first-order chi connectivity index (χ1) is 17.2. The second kappa shape index (κ2) is 13.5. The topological polar surface area (TPSA) is 55.8 Å². The molecule has 0 aliphatic rings. The lowest BCUT2D eigenvalue weighted by atomic mass is 10.1. The molecular formula is C27H36F3NO4SSi. The Morgan fingerprint density at radius 1 is 0.973 bits per heavy atom. The summed E-state index contributed by atoms with van der Waals surface area (Å²) in [5.41, 5.74) is 4.22. The molecule has 1 atom stereocenters. The van der Waals surface area contributed by atoms with Gasteiger partial charge in [0.2, 0.25) is 10.0 Å². The van der Waals surface area contributed by atoms with Gasteiger partial charge in [0.25, 0.3) is 0 Å². The van der Waals surface area contributed by atoms with Crippen molar-refractivity contribution in [1.82, 2.24) is 4.31 Å². The van der Waals surface area contributed by atoms with E-state index in [4.69, 9.17) is 4.74 Å². The molecule has 5 nitrogen and oxygen atoms in total. The maximum atomic E-state index is 13.0. The highest BCUT2D eigenvalue weighted by Gasteiger charge is 2.33. The van der Waals surface area contributed by atoms with Crippen molar-refractivity contribution in [3.05, 3.63) is 59.7 Å². The number of alkyl halides is 3. The molecule has 0 spiro atoms. The minimum atomic E-state index is -4.81. The number of nitrogens with zero attached hydrogens (tertiary/aromatic N) is 1. The molecule has 2 aromatic carbocycles. The second-order valence-corrected chi connectivity index (χ2v) is 16.4. The lowest BCUT2D eigenvalue weighted by Gasteiger charge is -2.21. The Bertz CT molecular complexity index is 1160. The Hall–Kier alpha value is -2.32. The van der Waals surface area contributed by atoms with E-state index in [0.29, 0.717) is 24.4 Å². The minimum absolute atomic E-state index is 0.0883. The maximum Gasteiger partial charge on any atom is 0.523 e. The van der Waals surface area contributed by atoms with E-state index in [0.717, 1.165) is 18.4 Å². The largest absolute Gasteiger partial charge is 0.523 e. The van der Waals surface area contributed by atoms with Crippen LogP contribution in [-0.2, 0) is 27.8 Å². The third-order valence-electron chi connectivity index (χ3n) is 5.16. The normalized spacial score (nSPS) is 13.2. The van der Waals surface area contributed by atoms with Gasteiger partial charge in [-0.3, -0.25) is 4.74 Å². The van der Waals surface area contributed by atoms with Crippen molar-refractivity contribution in [3.8, 4) is 17.2 Å². The average Bonchev–Trinajstić information content (AvgIpc) is 2.81. The van der Waals surface area contributed by atoms with Gasteiger partial charge in [0.05, 0.1) is 4.90 Å². The molecule has 37 heavy (non-hydrogen) atoms. The Labute approximate surface area is 220 Å². The molecule has 0 aliphatic carbocycles. The van der Waals surface area contributed by atoms with Gasteiger partial charge in [-0.2, -0.15) is 4.31 Å². The molecule has 204 valence electrons. The molecule has 0 unspecified atom stereocenters. The van der Waals surface area contributed by atoms with Gasteiger partial charge in [0, 0.05) is 19.5 Å². The number of para-hydroxylation sites is 1. The van der Waals surface area contributed by atoms with Crippen molar-refractivity contribution in [1.29, 1.82) is 0 Å². The van der Waals surface area contributed by atoms with Gasteiger partial charge in [-0.25, -0.2) is 8.42 Å². The van der Waals surface area contributed by atoms with Crippen LogP contribution >= 0.6 is 0 Å². The summed E-state index contributed by atoms with van der Waals surface area (Å²) in [5, 5.41) is 0. The first-order valence-corrected chi connectivity index (χ1v) is 17.3. The van der Waals surface area contributed by atoms with Crippen LogP contribution < -0.4 is 4.74 Å². The lowest BCUT2D eigenvalue weighted by molar-refractivity contribution is -0.334. The van der Waals surface area contributed by atoms with E-state index >= 15 is 0 Å². The number of halogens is 3. The van der Waals surface area contributed by atoms with Crippen LogP contribution in [0.5, 0.6) is 5.75 Å². The van der Waals surface area contributed by atoms with Gasteiger partial charge in [-0.15, -0.1) is 18.7 Å². The van der Waals surface area contributed by atoms with Crippen LogP contribution in [0, 0.1) is 11.5 Å². The number of hydrogen-bond donors (Lipinski definition) is 0. The van der Waals surface area contributed by atoms with Gasteiger partial charge in [-0.05, 0) is 42.2 Å². The van der Waals surface area contributed by atoms with Gasteiger partial charge in [0.15, 0.2) is 0 Å². The van der Waals surface area contributed by atoms with Crippen LogP contribution in [0.25, 0.3) is 0 Å². The maximum absolute atomic E-state index is 13.0. The van der Waals surface area contributed by atoms with Crippen molar-refractivity contribution in [2.24, 2.45) is 0 Å². The number of benzene rings is 2. The summed E-state index contributed by atoms with van der Waals surface area (Å²) >= 11 is 0. The summed E-state index contributed by atoms with van der Waals surface area (Å²) in [4.78, 5) is 0.215. The highest BCUT2D eigenvalue weighted by molar-refractivity contribution is 7.89. The molecule has 0 aliphatic heterocycles. The highest BCUT2D eigenvalue weighted by atomic mass is 32.2. The highest BCUT2D eigenvalue weighted by Crippen LogP contribution is 2.26. The number of rotatable bonds is 12. The molecule has 0 saturated heterocycles. The van der Waals surface area contributed by atoms with E-state index in [1.165, 1.54) is 4.31 Å². The van der Waals surface area contributed by atoms with Crippen LogP contribution in [0.15, 0.2) is 53.4 Å². The molecule has 0 saturated carbocycles. The van der Waals surface area contributed by atoms with Gasteiger partial charge >= 0.3 is 6.36 Å². The van der Waals surface area contributed by atoms with Crippen LogP contribution in [0.3, 0.4) is 0 Å². The van der Waals surface area contributed by atoms with E-state index in [1.54, 1.807) is 48.5 Å². The first-order valence-electron chi connectivity index (χ1n) is 12.3. The molecule has 2 rings (SSSR count). The Kier molecular flexibility index (Phi) is 11.2. The number of sulfonamides is 1. The summed E-state index contributed by atoms with van der Waals surface area (Å²) in [6, 6.07) is 13.3. The van der Waals surface area contributed by atoms with Gasteiger partial charge in [0.1, 0.15) is 26.5 Å². The summed E-state index contributed by atoms with van der Waals surface area (Å²) in [7, 11) is -5.49. The fourth-order valence-electron chi connectivity index (χ4n) is 3.51. The monoisotopic (exact) mass is 555 g/mol. The Balaban J connectivity index is 2.17. The predicted molar refractivity (Wildman–Crippen MR) is 142 cm³/mol. The Morgan fingerprint density at radius 3 is 2.11 bits per heavy atom. The second-order valence-electron chi connectivity index (χ2n) is 9.72. The summed E-state index contributed by atoms with van der Waals surface area (Å²) in [5.74, 6) is 3.08. The Morgan fingerprint density at radius 2 is 1.57 bits per heavy atom. The molecule has 0 amide bonds. The molecule has 0 aromatic heterocycles. The van der Waals surface area contributed by atoms with Gasteiger partial charge in [-0.1, -0.05) is 69.7 Å². The first kappa shape index (κ1) is 30.9. The van der Waals surface area contributed by atoms with E-state index < -0.39 is 30.6 Å². The van der Waals surface area contributed by atoms with Crippen molar-refractivity contribution >= 4 is 18.1 Å². The SMILES string of the molecule is CCCN(CCC)S(=O)(=O)c1ccc(COc2ccccc2C[C@@H](C#C[Si](C)(C)C)OC(F)(F)F)cc1. The van der Waals surface area contributed by atoms with Crippen molar-refractivity contribution < 1.29 is 31.1 Å². The predicted octanol–water partition coefficient (Wildman–Crippen LogP) is 6.40. The minimum Gasteiger partial charge on any atom is -0.489 e. The quantitative estimate of drug-likeness (QED) is 0.225. The fraction of sp³-hybridized carbons (Fsp3) is 0.481. The van der Waals surface area contributed by atoms with Crippen molar-refractivity contribution in [2.75, 3.05) is 13.1 Å². The summed E-state index contributed by atoms with van der Waals surface area (Å²) in [6.07, 6.45) is -4.79. The summed E-state index contributed by atoms with van der Waals surface area (Å²) in [6.45, 7) is 10.8. The van der Waals surface area contributed by atoms with E-state index in [2.05, 4.69) is 16.2 Å². The van der Waals surface area contributed by atoms with E-state index in [-0.39, 0.29) is 17.9 Å². The molecule has 0 bridgehead atoms. The zero-order chi connectivity index (χ0) is 27.7. The number of hydrogen-bond acceptors (Lipinski definition) is 4. The average molecular weight is 556 g/mol. The molecule has 2 aromatic rings. The smallest absolute Gasteiger partial charge is 0.489 e. The van der Waals surface area contributed by atoms with Crippen molar-refractivity contribution in [2.45, 2.75) is 76.7 Å². The number of ether oxygens (including phenoxy) is 2. The molecule has 10 heteroatoms. The third kappa shape index (κ3) is 10.5. The van der Waals surface area contributed by atoms with E-state index in [9.17, 15) is 21.6 Å². The zero-order valence-corrected chi connectivity index (χ0v) is 23.9. The van der Waals surface area contributed by atoms with Crippen LogP contribution in [-0.4, -0.2) is 46.4 Å². The third-order valence-corrected chi connectivity index (χ3v) is 7.97. The van der Waals surface area contributed by atoms with Crippen LogP contribution in [0.2, 0.25) is 19.6 Å². The van der Waals surface area contributed by atoms with Crippen LogP contribution in [0.4, 0.5) is 13.2 Å². The molecule has 0 fully saturated rings. The van der Waals surface area contributed by atoms with Crippen molar-refractivity contribution in [3.63, 3.8) is 0 Å². The summed E-state index contributed by atoms with van der Waals surface area (Å²) < 4.78 is 76.6. The van der Waals surface area contributed by atoms with E-state index in [1.807, 2.05) is 33.5 Å². The fourth-order valence-corrected chi connectivity index (χ4v) is 5.73. The zero-order valence-electron chi connectivity index (χ0n) is 22.1. The van der Waals surface area contributed by atoms with Crippen LogP contribution in [0.1, 0.15) is 37.8 Å².